The highest BCUT2D eigenvalue weighted by molar-refractivity contribution is 9.10. The largest absolute Gasteiger partial charge is 0.350 e. The highest BCUT2D eigenvalue weighted by Crippen LogP contribution is 2.16. The predicted octanol–water partition coefficient (Wildman–Crippen LogP) is 3.43. The second kappa shape index (κ2) is 5.91. The van der Waals surface area contributed by atoms with Crippen molar-refractivity contribution in [1.82, 2.24) is 5.32 Å². The van der Waals surface area contributed by atoms with Gasteiger partial charge < -0.3 is 5.32 Å². The van der Waals surface area contributed by atoms with Gasteiger partial charge in [-0.15, -0.1) is 0 Å². The lowest BCUT2D eigenvalue weighted by Gasteiger charge is -2.14. The van der Waals surface area contributed by atoms with Crippen molar-refractivity contribution in [2.45, 2.75) is 32.7 Å². The number of benzene rings is 1. The highest BCUT2D eigenvalue weighted by Gasteiger charge is 2.07. The maximum atomic E-state index is 11.4. The van der Waals surface area contributed by atoms with Gasteiger partial charge in [0.05, 0.1) is 6.04 Å². The van der Waals surface area contributed by atoms with Gasteiger partial charge in [-0.3, -0.25) is 4.79 Å². The Bertz CT molecular complexity index is 321. The van der Waals surface area contributed by atoms with Crippen LogP contribution in [0.4, 0.5) is 0 Å². The standard InChI is InChI=1S/C12H16BrNO/c1-3-4-12(15)14-9(2)10-5-7-11(13)8-6-10/h5-9H,3-4H2,1-2H3,(H,14,15)/t9-/m0/s1. The van der Waals surface area contributed by atoms with Crippen LogP contribution in [0.25, 0.3) is 0 Å². The minimum Gasteiger partial charge on any atom is -0.350 e. The third-order valence-corrected chi connectivity index (χ3v) is 2.75. The topological polar surface area (TPSA) is 29.1 Å². The Hall–Kier alpha value is -0.830. The van der Waals surface area contributed by atoms with Gasteiger partial charge in [-0.25, -0.2) is 0 Å². The van der Waals surface area contributed by atoms with E-state index in [1.54, 1.807) is 0 Å². The number of halogens is 1. The lowest BCUT2D eigenvalue weighted by Crippen LogP contribution is -2.26. The van der Waals surface area contributed by atoms with Crippen LogP contribution in [0.2, 0.25) is 0 Å². The molecule has 0 saturated heterocycles. The second-order valence-corrected chi connectivity index (χ2v) is 4.51. The zero-order chi connectivity index (χ0) is 11.3. The van der Waals surface area contributed by atoms with E-state index in [9.17, 15) is 4.79 Å². The first-order valence-electron chi connectivity index (χ1n) is 5.18. The molecule has 1 aromatic carbocycles. The van der Waals surface area contributed by atoms with Crippen LogP contribution >= 0.6 is 15.9 Å². The Kier molecular flexibility index (Phi) is 4.82. The summed E-state index contributed by atoms with van der Waals surface area (Å²) >= 11 is 3.38. The first-order valence-corrected chi connectivity index (χ1v) is 5.97. The fourth-order valence-corrected chi connectivity index (χ4v) is 1.64. The Morgan fingerprint density at radius 3 is 2.53 bits per heavy atom. The molecule has 2 nitrogen and oxygen atoms in total. The van der Waals surface area contributed by atoms with Crippen molar-refractivity contribution in [3.8, 4) is 0 Å². The first kappa shape index (κ1) is 12.2. The zero-order valence-electron chi connectivity index (χ0n) is 9.09. The molecule has 0 aliphatic rings. The van der Waals surface area contributed by atoms with Gasteiger partial charge in [-0.2, -0.15) is 0 Å². The Morgan fingerprint density at radius 1 is 1.40 bits per heavy atom. The number of hydrogen-bond donors (Lipinski definition) is 1. The normalized spacial score (nSPS) is 12.2. The van der Waals surface area contributed by atoms with Crippen LogP contribution in [0.5, 0.6) is 0 Å². The summed E-state index contributed by atoms with van der Waals surface area (Å²) in [7, 11) is 0. The number of amides is 1. The van der Waals surface area contributed by atoms with E-state index in [0.29, 0.717) is 6.42 Å². The van der Waals surface area contributed by atoms with Gasteiger partial charge in [0.15, 0.2) is 0 Å². The van der Waals surface area contributed by atoms with Crippen molar-refractivity contribution in [3.05, 3.63) is 34.3 Å². The van der Waals surface area contributed by atoms with E-state index >= 15 is 0 Å². The quantitative estimate of drug-likeness (QED) is 0.892. The summed E-state index contributed by atoms with van der Waals surface area (Å²) in [4.78, 5) is 11.4. The van der Waals surface area contributed by atoms with Crippen molar-refractivity contribution >= 4 is 21.8 Å². The van der Waals surface area contributed by atoms with E-state index in [2.05, 4.69) is 21.2 Å². The van der Waals surface area contributed by atoms with Crippen molar-refractivity contribution in [2.75, 3.05) is 0 Å². The van der Waals surface area contributed by atoms with Crippen molar-refractivity contribution in [1.29, 1.82) is 0 Å². The minimum atomic E-state index is 0.0807. The molecule has 1 atom stereocenters. The molecule has 0 aliphatic heterocycles. The molecule has 1 N–H and O–H groups in total. The summed E-state index contributed by atoms with van der Waals surface area (Å²) in [6.07, 6.45) is 1.49. The Morgan fingerprint density at radius 2 is 2.00 bits per heavy atom. The molecule has 1 rings (SSSR count). The highest BCUT2D eigenvalue weighted by atomic mass is 79.9. The molecule has 82 valence electrons. The lowest BCUT2D eigenvalue weighted by atomic mass is 10.1. The molecular weight excluding hydrogens is 254 g/mol. The molecule has 0 spiro atoms. The molecule has 0 fully saturated rings. The average Bonchev–Trinajstić information content (AvgIpc) is 2.18. The summed E-state index contributed by atoms with van der Waals surface area (Å²) in [6.45, 7) is 4.00. The third-order valence-electron chi connectivity index (χ3n) is 2.22. The molecule has 0 aromatic heterocycles. The van der Waals surface area contributed by atoms with Crippen LogP contribution in [0.3, 0.4) is 0 Å². The number of rotatable bonds is 4. The molecular formula is C12H16BrNO. The van der Waals surface area contributed by atoms with Gasteiger partial charge >= 0.3 is 0 Å². The molecule has 0 saturated carbocycles. The van der Waals surface area contributed by atoms with E-state index in [4.69, 9.17) is 0 Å². The van der Waals surface area contributed by atoms with Crippen LogP contribution in [0.15, 0.2) is 28.7 Å². The third kappa shape index (κ3) is 4.04. The summed E-state index contributed by atoms with van der Waals surface area (Å²) in [6, 6.07) is 8.08. The molecule has 1 aromatic rings. The maximum Gasteiger partial charge on any atom is 0.220 e. The fraction of sp³-hybridized carbons (Fsp3) is 0.417. The number of carbonyl (C=O) groups excluding carboxylic acids is 1. The average molecular weight is 270 g/mol. The predicted molar refractivity (Wildman–Crippen MR) is 65.6 cm³/mol. The van der Waals surface area contributed by atoms with E-state index in [0.717, 1.165) is 16.5 Å². The molecule has 3 heteroatoms. The van der Waals surface area contributed by atoms with E-state index in [-0.39, 0.29) is 11.9 Å². The number of nitrogens with one attached hydrogen (secondary N) is 1. The summed E-state index contributed by atoms with van der Waals surface area (Å²) in [5.74, 6) is 0.118. The first-order chi connectivity index (χ1) is 7.13. The van der Waals surface area contributed by atoms with Crippen LogP contribution in [0.1, 0.15) is 38.3 Å². The van der Waals surface area contributed by atoms with E-state index < -0.39 is 0 Å². The monoisotopic (exact) mass is 269 g/mol. The fourth-order valence-electron chi connectivity index (χ4n) is 1.38. The zero-order valence-corrected chi connectivity index (χ0v) is 10.7. The second-order valence-electron chi connectivity index (χ2n) is 3.59. The van der Waals surface area contributed by atoms with Gasteiger partial charge in [0.25, 0.3) is 0 Å². The van der Waals surface area contributed by atoms with Gasteiger partial charge in [0.1, 0.15) is 0 Å². The maximum absolute atomic E-state index is 11.4. The molecule has 0 heterocycles. The van der Waals surface area contributed by atoms with Crippen LogP contribution in [0, 0.1) is 0 Å². The van der Waals surface area contributed by atoms with Gasteiger partial charge in [-0.1, -0.05) is 35.0 Å². The van der Waals surface area contributed by atoms with Crippen LogP contribution < -0.4 is 5.32 Å². The number of hydrogen-bond acceptors (Lipinski definition) is 1. The summed E-state index contributed by atoms with van der Waals surface area (Å²) in [5, 5.41) is 2.96. The van der Waals surface area contributed by atoms with E-state index in [1.165, 1.54) is 0 Å². The molecule has 0 radical (unpaired) electrons. The molecule has 1 amide bonds. The SMILES string of the molecule is CCCC(=O)N[C@@H](C)c1ccc(Br)cc1. The van der Waals surface area contributed by atoms with Crippen molar-refractivity contribution in [3.63, 3.8) is 0 Å². The minimum absolute atomic E-state index is 0.0807. The van der Waals surface area contributed by atoms with Crippen molar-refractivity contribution in [2.24, 2.45) is 0 Å². The molecule has 0 bridgehead atoms. The van der Waals surface area contributed by atoms with Gasteiger partial charge in [0.2, 0.25) is 5.91 Å². The molecule has 15 heavy (non-hydrogen) atoms. The summed E-state index contributed by atoms with van der Waals surface area (Å²) < 4.78 is 1.05. The summed E-state index contributed by atoms with van der Waals surface area (Å²) in [5.41, 5.74) is 1.13. The number of carbonyl (C=O) groups is 1. The van der Waals surface area contributed by atoms with E-state index in [1.807, 2.05) is 38.1 Å². The molecule has 0 aliphatic carbocycles. The van der Waals surface area contributed by atoms with Gasteiger partial charge in [0, 0.05) is 10.9 Å². The van der Waals surface area contributed by atoms with Crippen LogP contribution in [-0.2, 0) is 4.79 Å². The smallest absolute Gasteiger partial charge is 0.220 e. The van der Waals surface area contributed by atoms with Gasteiger partial charge in [-0.05, 0) is 31.0 Å². The Labute approximate surface area is 99.2 Å². The van der Waals surface area contributed by atoms with Crippen LogP contribution in [-0.4, -0.2) is 5.91 Å². The Balaban J connectivity index is 2.57. The lowest BCUT2D eigenvalue weighted by molar-refractivity contribution is -0.121. The van der Waals surface area contributed by atoms with Crippen molar-refractivity contribution < 1.29 is 4.79 Å². The molecule has 0 unspecified atom stereocenters.